The van der Waals surface area contributed by atoms with Crippen LogP contribution in [-0.2, 0) is 9.47 Å². The standard InChI is InChI=1S/C14H19N5O5/c1-7-5-19(14(22)16-12(7)21)11-4-9(10(6-20)23-11)24-13(17-18-15)8-2-3-8/h5,8-11,13,20H,2-4,6H2,1H3,(H,16,21,22)/t9?,10-,11-,13?/m1/s1. The Labute approximate surface area is 136 Å². The quantitative estimate of drug-likeness (QED) is 0.443. The number of rotatable bonds is 6. The number of nitrogens with one attached hydrogen (secondary N) is 1. The van der Waals surface area contributed by atoms with E-state index in [0.717, 1.165) is 12.8 Å². The van der Waals surface area contributed by atoms with Crippen molar-refractivity contribution in [3.63, 3.8) is 0 Å². The zero-order valence-corrected chi connectivity index (χ0v) is 13.2. The van der Waals surface area contributed by atoms with Crippen LogP contribution in [0.25, 0.3) is 10.4 Å². The lowest BCUT2D eigenvalue weighted by molar-refractivity contribution is -0.0849. The number of aromatic nitrogens is 2. The molecule has 130 valence electrons. The van der Waals surface area contributed by atoms with Gasteiger partial charge in [0, 0.05) is 23.1 Å². The van der Waals surface area contributed by atoms with Gasteiger partial charge in [-0.25, -0.2) is 4.79 Å². The van der Waals surface area contributed by atoms with E-state index in [-0.39, 0.29) is 12.5 Å². The van der Waals surface area contributed by atoms with Crippen LogP contribution in [0, 0.1) is 12.8 Å². The average Bonchev–Trinajstić information content (AvgIpc) is 3.32. The molecule has 0 amide bonds. The monoisotopic (exact) mass is 337 g/mol. The SMILES string of the molecule is Cc1cn([C@H]2CC(OC(N=[N+]=[N-])C3CC3)[C@@H](CO)O2)c(=O)[nH]c1=O. The van der Waals surface area contributed by atoms with Crippen molar-refractivity contribution in [1.82, 2.24) is 9.55 Å². The highest BCUT2D eigenvalue weighted by Crippen LogP contribution is 2.38. The van der Waals surface area contributed by atoms with Crippen LogP contribution in [0.5, 0.6) is 0 Å². The largest absolute Gasteiger partial charge is 0.394 e. The Hall–Kier alpha value is -2.13. The third-order valence-electron chi connectivity index (χ3n) is 4.32. The van der Waals surface area contributed by atoms with Gasteiger partial charge in [-0.05, 0) is 31.2 Å². The summed E-state index contributed by atoms with van der Waals surface area (Å²) in [5, 5.41) is 13.2. The molecule has 2 aliphatic rings. The molecule has 1 saturated carbocycles. The smallest absolute Gasteiger partial charge is 0.330 e. The number of H-pyrrole nitrogens is 1. The summed E-state index contributed by atoms with van der Waals surface area (Å²) >= 11 is 0. The Bertz CT molecular complexity index is 764. The fourth-order valence-electron chi connectivity index (χ4n) is 2.82. The minimum absolute atomic E-state index is 0.192. The Morgan fingerprint density at radius 1 is 1.58 bits per heavy atom. The molecule has 2 N–H and O–H groups in total. The van der Waals surface area contributed by atoms with E-state index in [0.29, 0.717) is 12.0 Å². The third kappa shape index (κ3) is 3.36. The van der Waals surface area contributed by atoms with Crippen molar-refractivity contribution >= 4 is 0 Å². The Morgan fingerprint density at radius 3 is 2.96 bits per heavy atom. The number of ether oxygens (including phenoxy) is 2. The first-order valence-corrected chi connectivity index (χ1v) is 7.81. The molecule has 4 atom stereocenters. The lowest BCUT2D eigenvalue weighted by Gasteiger charge is -2.20. The number of aryl methyl sites for hydroxylation is 1. The minimum atomic E-state index is -0.666. The highest BCUT2D eigenvalue weighted by atomic mass is 16.6. The second kappa shape index (κ2) is 6.78. The molecule has 3 rings (SSSR count). The van der Waals surface area contributed by atoms with E-state index in [9.17, 15) is 14.7 Å². The molecule has 1 aromatic rings. The molecule has 0 radical (unpaired) electrons. The molecule has 2 unspecified atom stereocenters. The molecule has 1 saturated heterocycles. The van der Waals surface area contributed by atoms with Crippen molar-refractivity contribution in [3.8, 4) is 0 Å². The summed E-state index contributed by atoms with van der Waals surface area (Å²) in [6.45, 7) is 1.30. The van der Waals surface area contributed by atoms with Gasteiger partial charge in [-0.2, -0.15) is 0 Å². The van der Waals surface area contributed by atoms with E-state index < -0.39 is 35.9 Å². The third-order valence-corrected chi connectivity index (χ3v) is 4.32. The van der Waals surface area contributed by atoms with Crippen LogP contribution in [0.15, 0.2) is 20.9 Å². The predicted molar refractivity (Wildman–Crippen MR) is 82.2 cm³/mol. The van der Waals surface area contributed by atoms with Crippen LogP contribution in [0.4, 0.5) is 0 Å². The van der Waals surface area contributed by atoms with Gasteiger partial charge >= 0.3 is 5.69 Å². The summed E-state index contributed by atoms with van der Waals surface area (Å²) in [6, 6.07) is 0. The fraction of sp³-hybridized carbons (Fsp3) is 0.714. The first kappa shape index (κ1) is 16.7. The lowest BCUT2D eigenvalue weighted by atomic mass is 10.2. The van der Waals surface area contributed by atoms with Gasteiger partial charge in [-0.1, -0.05) is 5.11 Å². The summed E-state index contributed by atoms with van der Waals surface area (Å²) in [5.74, 6) is 0.192. The van der Waals surface area contributed by atoms with Crippen LogP contribution in [0.2, 0.25) is 0 Å². The van der Waals surface area contributed by atoms with Crippen molar-refractivity contribution in [3.05, 3.63) is 43.0 Å². The molecule has 0 aromatic carbocycles. The number of azide groups is 1. The first-order chi connectivity index (χ1) is 11.5. The zero-order chi connectivity index (χ0) is 17.3. The molecule has 1 aliphatic carbocycles. The van der Waals surface area contributed by atoms with Crippen LogP contribution >= 0.6 is 0 Å². The molecule has 2 heterocycles. The van der Waals surface area contributed by atoms with Crippen LogP contribution in [-0.4, -0.2) is 39.7 Å². The lowest BCUT2D eigenvalue weighted by Crippen LogP contribution is -2.33. The van der Waals surface area contributed by atoms with E-state index in [1.54, 1.807) is 6.92 Å². The van der Waals surface area contributed by atoms with Gasteiger partial charge in [0.1, 0.15) is 18.6 Å². The first-order valence-electron chi connectivity index (χ1n) is 7.81. The number of hydrogen-bond donors (Lipinski definition) is 2. The molecule has 0 spiro atoms. The summed E-state index contributed by atoms with van der Waals surface area (Å²) in [6.07, 6.45) is 1.20. The van der Waals surface area contributed by atoms with Gasteiger partial charge < -0.3 is 14.6 Å². The Kier molecular flexibility index (Phi) is 4.72. The maximum absolute atomic E-state index is 12.0. The Balaban J connectivity index is 1.79. The van der Waals surface area contributed by atoms with E-state index in [4.69, 9.17) is 15.0 Å². The summed E-state index contributed by atoms with van der Waals surface area (Å²) in [4.78, 5) is 28.5. The normalized spacial score (nSPS) is 27.7. The second-order valence-corrected chi connectivity index (χ2v) is 6.13. The summed E-state index contributed by atoms with van der Waals surface area (Å²) in [7, 11) is 0. The number of aliphatic hydroxyl groups is 1. The number of hydrogen-bond acceptors (Lipinski definition) is 6. The van der Waals surface area contributed by atoms with Crippen molar-refractivity contribution in [1.29, 1.82) is 0 Å². The van der Waals surface area contributed by atoms with E-state index in [2.05, 4.69) is 15.0 Å². The molecule has 0 bridgehead atoms. The number of nitrogens with zero attached hydrogens (tertiary/aromatic N) is 4. The maximum Gasteiger partial charge on any atom is 0.330 e. The molecule has 10 heteroatoms. The van der Waals surface area contributed by atoms with Gasteiger partial charge in [0.15, 0.2) is 0 Å². The van der Waals surface area contributed by atoms with Crippen LogP contribution in [0.1, 0.15) is 31.1 Å². The second-order valence-electron chi connectivity index (χ2n) is 6.13. The Morgan fingerprint density at radius 2 is 2.33 bits per heavy atom. The van der Waals surface area contributed by atoms with Crippen LogP contribution < -0.4 is 11.2 Å². The molecule has 10 nitrogen and oxygen atoms in total. The molecular weight excluding hydrogens is 318 g/mol. The van der Waals surface area contributed by atoms with Crippen molar-refractivity contribution in [2.75, 3.05) is 6.61 Å². The van der Waals surface area contributed by atoms with Gasteiger partial charge in [-0.3, -0.25) is 14.3 Å². The van der Waals surface area contributed by atoms with Crippen molar-refractivity contribution in [2.45, 2.75) is 50.8 Å². The number of aromatic amines is 1. The predicted octanol–water partition coefficient (Wildman–Crippen LogP) is 0.556. The highest BCUT2D eigenvalue weighted by molar-refractivity contribution is 5.02. The molecule has 1 aromatic heterocycles. The van der Waals surface area contributed by atoms with E-state index in [1.807, 2.05) is 0 Å². The summed E-state index contributed by atoms with van der Waals surface area (Å²) in [5.41, 5.74) is 8.01. The van der Waals surface area contributed by atoms with Gasteiger partial charge in [-0.15, -0.1) is 0 Å². The average molecular weight is 337 g/mol. The molecule has 2 fully saturated rings. The molecular formula is C14H19N5O5. The molecule has 24 heavy (non-hydrogen) atoms. The fourth-order valence-corrected chi connectivity index (χ4v) is 2.82. The van der Waals surface area contributed by atoms with Crippen molar-refractivity contribution in [2.24, 2.45) is 11.0 Å². The highest BCUT2D eigenvalue weighted by Gasteiger charge is 2.41. The van der Waals surface area contributed by atoms with E-state index >= 15 is 0 Å². The summed E-state index contributed by atoms with van der Waals surface area (Å²) < 4.78 is 12.8. The van der Waals surface area contributed by atoms with Gasteiger partial charge in [0.25, 0.3) is 5.56 Å². The molecule has 1 aliphatic heterocycles. The topological polar surface area (TPSA) is 142 Å². The zero-order valence-electron chi connectivity index (χ0n) is 13.2. The minimum Gasteiger partial charge on any atom is -0.394 e. The maximum atomic E-state index is 12.0. The van der Waals surface area contributed by atoms with Crippen LogP contribution in [0.3, 0.4) is 0 Å². The van der Waals surface area contributed by atoms with Crippen molar-refractivity contribution < 1.29 is 14.6 Å². The van der Waals surface area contributed by atoms with Gasteiger partial charge in [0.2, 0.25) is 0 Å². The number of aliphatic hydroxyl groups excluding tert-OH is 1. The van der Waals surface area contributed by atoms with E-state index in [1.165, 1.54) is 10.8 Å². The van der Waals surface area contributed by atoms with Gasteiger partial charge in [0.05, 0.1) is 12.7 Å².